The highest BCUT2D eigenvalue weighted by atomic mass is 35.5. The molecule has 0 aliphatic rings. The van der Waals surface area contributed by atoms with Gasteiger partial charge in [-0.2, -0.15) is 36.3 Å². The van der Waals surface area contributed by atoms with Crippen LogP contribution >= 0.6 is 11.6 Å². The van der Waals surface area contributed by atoms with Crippen LogP contribution in [-0.4, -0.2) is 38.3 Å². The second-order valence-electron chi connectivity index (χ2n) is 6.34. The largest absolute Gasteiger partial charge is 0.417 e. The van der Waals surface area contributed by atoms with Gasteiger partial charge in [0.1, 0.15) is 16.7 Å². The number of hydrogen-bond acceptors (Lipinski definition) is 5. The number of anilines is 1. The summed E-state index contributed by atoms with van der Waals surface area (Å²) in [6.07, 6.45) is -10.4. The van der Waals surface area contributed by atoms with Crippen LogP contribution < -0.4 is 5.32 Å². The van der Waals surface area contributed by atoms with Crippen LogP contribution in [0.15, 0.2) is 18.2 Å². The molecule has 0 atom stereocenters. The van der Waals surface area contributed by atoms with E-state index in [1.165, 1.54) is 23.5 Å². The number of alkyl halides is 6. The topological polar surface area (TPSA) is 63.6 Å². The first-order chi connectivity index (χ1) is 12.9. The Morgan fingerprint density at radius 1 is 0.964 bits per heavy atom. The van der Waals surface area contributed by atoms with Gasteiger partial charge in [0, 0.05) is 6.42 Å². The van der Waals surface area contributed by atoms with Crippen LogP contribution in [0.25, 0.3) is 11.5 Å². The van der Waals surface area contributed by atoms with E-state index in [2.05, 4.69) is 19.9 Å². The summed E-state index contributed by atoms with van der Waals surface area (Å²) >= 11 is 5.79. The Kier molecular flexibility index (Phi) is 6.68. The number of pyridine rings is 1. The van der Waals surface area contributed by atoms with E-state index in [0.29, 0.717) is 6.42 Å². The van der Waals surface area contributed by atoms with Crippen LogP contribution in [0.4, 0.5) is 32.3 Å². The van der Waals surface area contributed by atoms with Crippen molar-refractivity contribution in [1.29, 1.82) is 0 Å². The summed E-state index contributed by atoms with van der Waals surface area (Å²) in [6.45, 7) is 3.81. The van der Waals surface area contributed by atoms with Crippen molar-refractivity contribution in [3.05, 3.63) is 29.2 Å². The average Bonchev–Trinajstić information content (AvgIpc) is 2.56. The maximum atomic E-state index is 12.8. The standard InChI is InChI=1S/C16H16ClF6N5/c1-8(2)6-7-11-25-12(9-4-3-5-10(17)24-9)27-14(26-11)28-13(15(18,19)20)16(21,22)23/h3-5,8,13H,6-7H2,1-2H3,(H,25,26,27,28). The fourth-order valence-corrected chi connectivity index (χ4v) is 2.30. The number of rotatable bonds is 6. The van der Waals surface area contributed by atoms with Crippen LogP contribution in [0.1, 0.15) is 26.1 Å². The molecule has 2 heterocycles. The summed E-state index contributed by atoms with van der Waals surface area (Å²) in [5.74, 6) is -0.753. The Labute approximate surface area is 161 Å². The zero-order valence-electron chi connectivity index (χ0n) is 14.7. The molecule has 0 saturated heterocycles. The SMILES string of the molecule is CC(C)CCc1nc(NC(C(F)(F)F)C(F)(F)F)nc(-c2cccc(Cl)n2)n1. The lowest BCUT2D eigenvalue weighted by Crippen LogP contribution is -2.48. The van der Waals surface area contributed by atoms with E-state index in [1.807, 2.05) is 13.8 Å². The van der Waals surface area contributed by atoms with Gasteiger partial charge >= 0.3 is 12.4 Å². The van der Waals surface area contributed by atoms with Gasteiger partial charge in [0.05, 0.1) is 0 Å². The molecule has 1 N–H and O–H groups in total. The van der Waals surface area contributed by atoms with Crippen molar-refractivity contribution in [2.45, 2.75) is 45.1 Å². The molecule has 0 amide bonds. The Morgan fingerprint density at radius 2 is 1.61 bits per heavy atom. The van der Waals surface area contributed by atoms with Gasteiger partial charge in [0.2, 0.25) is 12.0 Å². The highest BCUT2D eigenvalue weighted by Crippen LogP contribution is 2.35. The normalized spacial score (nSPS) is 12.7. The molecular weight excluding hydrogens is 412 g/mol. The molecule has 0 saturated carbocycles. The van der Waals surface area contributed by atoms with Gasteiger partial charge in [0.25, 0.3) is 0 Å². The monoisotopic (exact) mass is 427 g/mol. The first-order valence-corrected chi connectivity index (χ1v) is 8.52. The minimum Gasteiger partial charge on any atom is -0.335 e. The summed E-state index contributed by atoms with van der Waals surface area (Å²) in [6, 6.07) is 0.570. The highest BCUT2D eigenvalue weighted by molar-refractivity contribution is 6.29. The maximum absolute atomic E-state index is 12.8. The van der Waals surface area contributed by atoms with Gasteiger partial charge in [-0.1, -0.05) is 31.5 Å². The minimum absolute atomic E-state index is 0.0473. The fourth-order valence-electron chi connectivity index (χ4n) is 2.14. The van der Waals surface area contributed by atoms with E-state index in [9.17, 15) is 26.3 Å². The van der Waals surface area contributed by atoms with Gasteiger partial charge in [-0.05, 0) is 24.5 Å². The molecule has 0 aromatic carbocycles. The maximum Gasteiger partial charge on any atom is 0.417 e. The number of halogens is 7. The molecule has 2 rings (SSSR count). The zero-order chi connectivity index (χ0) is 21.1. The Bertz CT molecular complexity index is 795. The third-order valence-corrected chi connectivity index (χ3v) is 3.71. The van der Waals surface area contributed by atoms with Gasteiger partial charge in [-0.3, -0.25) is 0 Å². The van der Waals surface area contributed by atoms with Crippen molar-refractivity contribution in [1.82, 2.24) is 19.9 Å². The summed E-state index contributed by atoms with van der Waals surface area (Å²) < 4.78 is 77.1. The fraction of sp³-hybridized carbons (Fsp3) is 0.500. The molecule has 2 aromatic heterocycles. The Hall–Kier alpha value is -2.17. The van der Waals surface area contributed by atoms with Gasteiger partial charge in [0.15, 0.2) is 5.82 Å². The summed E-state index contributed by atoms with van der Waals surface area (Å²) in [5, 5.41) is 1.41. The van der Waals surface area contributed by atoms with Crippen LogP contribution in [0.2, 0.25) is 5.15 Å². The molecular formula is C16H16ClF6N5. The number of hydrogen-bond donors (Lipinski definition) is 1. The third-order valence-electron chi connectivity index (χ3n) is 3.50. The van der Waals surface area contributed by atoms with Crippen molar-refractivity contribution in [3.8, 4) is 11.5 Å². The predicted molar refractivity (Wildman–Crippen MR) is 90.7 cm³/mol. The second kappa shape index (κ2) is 8.46. The smallest absolute Gasteiger partial charge is 0.335 e. The lowest BCUT2D eigenvalue weighted by atomic mass is 10.1. The molecule has 0 unspecified atom stereocenters. The second-order valence-corrected chi connectivity index (χ2v) is 6.72. The quantitative estimate of drug-likeness (QED) is 0.514. The molecule has 2 aromatic rings. The molecule has 0 spiro atoms. The van der Waals surface area contributed by atoms with Crippen molar-refractivity contribution in [2.75, 3.05) is 5.32 Å². The zero-order valence-corrected chi connectivity index (χ0v) is 15.5. The van der Waals surface area contributed by atoms with E-state index >= 15 is 0 Å². The molecule has 12 heteroatoms. The van der Waals surface area contributed by atoms with E-state index < -0.39 is 24.3 Å². The van der Waals surface area contributed by atoms with Gasteiger partial charge < -0.3 is 5.32 Å². The van der Waals surface area contributed by atoms with E-state index in [-0.39, 0.29) is 34.8 Å². The van der Waals surface area contributed by atoms with Crippen molar-refractivity contribution < 1.29 is 26.3 Å². The van der Waals surface area contributed by atoms with Crippen LogP contribution in [0.3, 0.4) is 0 Å². The molecule has 5 nitrogen and oxygen atoms in total. The van der Waals surface area contributed by atoms with E-state index in [4.69, 9.17) is 11.6 Å². The molecule has 0 aliphatic heterocycles. The summed E-state index contributed by atoms with van der Waals surface area (Å²) in [4.78, 5) is 15.5. The number of nitrogens with one attached hydrogen (secondary N) is 1. The lowest BCUT2D eigenvalue weighted by molar-refractivity contribution is -0.242. The Balaban J connectivity index is 2.47. The van der Waals surface area contributed by atoms with E-state index in [1.54, 1.807) is 0 Å². The minimum atomic E-state index is -5.59. The molecule has 0 bridgehead atoms. The average molecular weight is 428 g/mol. The predicted octanol–water partition coefficient (Wildman–Crippen LogP) is 5.08. The molecule has 0 fully saturated rings. The molecule has 28 heavy (non-hydrogen) atoms. The highest BCUT2D eigenvalue weighted by Gasteiger charge is 2.57. The third kappa shape index (κ3) is 6.18. The number of nitrogens with zero attached hydrogens (tertiary/aromatic N) is 4. The number of aromatic nitrogens is 4. The molecule has 154 valence electrons. The Morgan fingerprint density at radius 3 is 2.14 bits per heavy atom. The van der Waals surface area contributed by atoms with Crippen molar-refractivity contribution >= 4 is 17.5 Å². The molecule has 0 aliphatic carbocycles. The number of aryl methyl sites for hydroxylation is 1. The van der Waals surface area contributed by atoms with E-state index in [0.717, 1.165) is 0 Å². The first kappa shape index (κ1) is 22.1. The summed E-state index contributed by atoms with van der Waals surface area (Å²) in [7, 11) is 0. The van der Waals surface area contributed by atoms with Crippen LogP contribution in [0.5, 0.6) is 0 Å². The van der Waals surface area contributed by atoms with Crippen molar-refractivity contribution in [2.24, 2.45) is 5.92 Å². The van der Waals surface area contributed by atoms with Crippen LogP contribution in [0, 0.1) is 5.92 Å². The lowest BCUT2D eigenvalue weighted by Gasteiger charge is -2.24. The summed E-state index contributed by atoms with van der Waals surface area (Å²) in [5.41, 5.74) is 0.0966. The van der Waals surface area contributed by atoms with Crippen LogP contribution in [-0.2, 0) is 6.42 Å². The van der Waals surface area contributed by atoms with Gasteiger partial charge in [-0.15, -0.1) is 0 Å². The first-order valence-electron chi connectivity index (χ1n) is 8.14. The van der Waals surface area contributed by atoms with Gasteiger partial charge in [-0.25, -0.2) is 9.97 Å². The molecule has 0 radical (unpaired) electrons. The van der Waals surface area contributed by atoms with Crippen molar-refractivity contribution in [3.63, 3.8) is 0 Å².